The van der Waals surface area contributed by atoms with E-state index in [1.165, 1.54) is 17.4 Å². The third kappa shape index (κ3) is 5.44. The van der Waals surface area contributed by atoms with Crippen LogP contribution in [0.25, 0.3) is 11.0 Å². The first-order chi connectivity index (χ1) is 13.1. The normalized spacial score (nSPS) is 10.7. The average Bonchev–Trinajstić information content (AvgIpc) is 2.70. The highest BCUT2D eigenvalue weighted by Crippen LogP contribution is 2.21. The van der Waals surface area contributed by atoms with E-state index in [2.05, 4.69) is 39.4 Å². The van der Waals surface area contributed by atoms with Crippen molar-refractivity contribution in [2.45, 2.75) is 18.4 Å². The van der Waals surface area contributed by atoms with Crippen LogP contribution < -0.4 is 10.2 Å². The number of aryl methyl sites for hydroxylation is 1. The molecule has 0 spiro atoms. The second-order valence-corrected chi connectivity index (χ2v) is 7.32. The summed E-state index contributed by atoms with van der Waals surface area (Å²) in [6.07, 6.45) is 0.899. The van der Waals surface area contributed by atoms with Crippen molar-refractivity contribution in [1.82, 2.24) is 15.3 Å². The van der Waals surface area contributed by atoms with Crippen LogP contribution in [0.4, 0.5) is 5.69 Å². The molecular formula is C21H24N4OS. The Morgan fingerprint density at radius 1 is 1.04 bits per heavy atom. The number of thioether (sulfide) groups is 1. The zero-order valence-corrected chi connectivity index (χ0v) is 16.5. The number of nitrogens with one attached hydrogen (secondary N) is 1. The maximum atomic E-state index is 12.1. The molecule has 3 rings (SSSR count). The summed E-state index contributed by atoms with van der Waals surface area (Å²) in [7, 11) is 2.06. The molecule has 1 heterocycles. The van der Waals surface area contributed by atoms with Crippen molar-refractivity contribution in [2.75, 3.05) is 30.8 Å². The molecule has 0 fully saturated rings. The van der Waals surface area contributed by atoms with E-state index in [4.69, 9.17) is 0 Å². The third-order valence-electron chi connectivity index (χ3n) is 4.23. The van der Waals surface area contributed by atoms with Crippen molar-refractivity contribution in [3.63, 3.8) is 0 Å². The Kier molecular flexibility index (Phi) is 6.65. The number of hydrogen-bond donors (Lipinski definition) is 1. The van der Waals surface area contributed by atoms with Crippen molar-refractivity contribution >= 4 is 34.4 Å². The fourth-order valence-corrected chi connectivity index (χ4v) is 3.54. The van der Waals surface area contributed by atoms with Gasteiger partial charge in [0.25, 0.3) is 0 Å². The molecule has 1 aromatic heterocycles. The number of amides is 1. The Hall–Kier alpha value is -2.60. The van der Waals surface area contributed by atoms with E-state index in [1.54, 1.807) is 0 Å². The highest BCUT2D eigenvalue weighted by molar-refractivity contribution is 7.99. The first-order valence-corrected chi connectivity index (χ1v) is 10.0. The molecule has 1 N–H and O–H groups in total. The monoisotopic (exact) mass is 380 g/mol. The van der Waals surface area contributed by atoms with Crippen LogP contribution in [0.3, 0.4) is 0 Å². The fourth-order valence-electron chi connectivity index (χ4n) is 2.75. The number of hydrogen-bond acceptors (Lipinski definition) is 5. The fraction of sp³-hybridized carbons (Fsp3) is 0.286. The Morgan fingerprint density at radius 2 is 1.70 bits per heavy atom. The summed E-state index contributed by atoms with van der Waals surface area (Å²) in [5.41, 5.74) is 3.78. The molecule has 27 heavy (non-hydrogen) atoms. The van der Waals surface area contributed by atoms with Crippen molar-refractivity contribution in [3.05, 3.63) is 60.3 Å². The topological polar surface area (TPSA) is 58.1 Å². The van der Waals surface area contributed by atoms with Crippen molar-refractivity contribution in [3.8, 4) is 0 Å². The number of anilines is 1. The summed E-state index contributed by atoms with van der Waals surface area (Å²) in [5, 5.41) is 3.79. The molecule has 5 nitrogen and oxygen atoms in total. The standard InChI is InChI=1S/C21H24N4OS/c1-16-21(24-19-12-7-6-11-18(19)23-16)27-15-20(26)22-13-8-14-25(2)17-9-4-3-5-10-17/h3-7,9-12H,8,13-15H2,1-2H3,(H,22,26). The van der Waals surface area contributed by atoms with E-state index in [0.717, 1.165) is 34.7 Å². The van der Waals surface area contributed by atoms with E-state index >= 15 is 0 Å². The molecule has 0 bridgehead atoms. The zero-order chi connectivity index (χ0) is 19.1. The molecule has 1 amide bonds. The third-order valence-corrected chi connectivity index (χ3v) is 5.30. The summed E-state index contributed by atoms with van der Waals surface area (Å²) in [6, 6.07) is 18.0. The van der Waals surface area contributed by atoms with Crippen LogP contribution in [0.5, 0.6) is 0 Å². The lowest BCUT2D eigenvalue weighted by molar-refractivity contribution is -0.118. The van der Waals surface area contributed by atoms with E-state index in [9.17, 15) is 4.79 Å². The van der Waals surface area contributed by atoms with Gasteiger partial charge in [0.05, 0.1) is 22.5 Å². The number of nitrogens with zero attached hydrogens (tertiary/aromatic N) is 3. The number of aromatic nitrogens is 2. The van der Waals surface area contributed by atoms with Crippen LogP contribution in [0.1, 0.15) is 12.1 Å². The van der Waals surface area contributed by atoms with Gasteiger partial charge in [0, 0.05) is 25.8 Å². The lowest BCUT2D eigenvalue weighted by Gasteiger charge is -2.19. The lowest BCUT2D eigenvalue weighted by Crippen LogP contribution is -2.29. The van der Waals surface area contributed by atoms with E-state index in [1.807, 2.05) is 49.4 Å². The number of fused-ring (bicyclic) bond motifs is 1. The predicted molar refractivity (Wildman–Crippen MR) is 112 cm³/mol. The van der Waals surface area contributed by atoms with Crippen LogP contribution >= 0.6 is 11.8 Å². The molecule has 0 saturated heterocycles. The van der Waals surface area contributed by atoms with Gasteiger partial charge in [-0.2, -0.15) is 0 Å². The molecule has 0 aliphatic heterocycles. The minimum absolute atomic E-state index is 0.0247. The van der Waals surface area contributed by atoms with Gasteiger partial charge in [-0.25, -0.2) is 9.97 Å². The number of rotatable bonds is 8. The van der Waals surface area contributed by atoms with Crippen LogP contribution in [0.15, 0.2) is 59.6 Å². The number of carbonyl (C=O) groups is 1. The maximum Gasteiger partial charge on any atom is 0.230 e. The van der Waals surface area contributed by atoms with Crippen LogP contribution in [0, 0.1) is 6.92 Å². The summed E-state index contributed by atoms with van der Waals surface area (Å²) < 4.78 is 0. The minimum Gasteiger partial charge on any atom is -0.375 e. The molecule has 0 atom stereocenters. The van der Waals surface area contributed by atoms with Crippen LogP contribution in [0.2, 0.25) is 0 Å². The van der Waals surface area contributed by atoms with Gasteiger partial charge in [-0.1, -0.05) is 42.1 Å². The molecule has 0 unspecified atom stereocenters. The summed E-state index contributed by atoms with van der Waals surface area (Å²) in [4.78, 5) is 23.5. The van der Waals surface area contributed by atoms with Gasteiger partial charge < -0.3 is 10.2 Å². The molecule has 2 aromatic carbocycles. The highest BCUT2D eigenvalue weighted by atomic mass is 32.2. The van der Waals surface area contributed by atoms with E-state index < -0.39 is 0 Å². The smallest absolute Gasteiger partial charge is 0.230 e. The van der Waals surface area contributed by atoms with E-state index in [0.29, 0.717) is 12.3 Å². The average molecular weight is 381 g/mol. The SMILES string of the molecule is Cc1nc2ccccc2nc1SCC(=O)NCCCN(C)c1ccccc1. The molecule has 3 aromatic rings. The number of para-hydroxylation sites is 3. The van der Waals surface area contributed by atoms with Crippen molar-refractivity contribution in [2.24, 2.45) is 0 Å². The quantitative estimate of drug-likeness (QED) is 0.477. The maximum absolute atomic E-state index is 12.1. The summed E-state index contributed by atoms with van der Waals surface area (Å²) in [5.74, 6) is 0.374. The van der Waals surface area contributed by atoms with Crippen molar-refractivity contribution < 1.29 is 4.79 Å². The molecule has 6 heteroatoms. The van der Waals surface area contributed by atoms with E-state index in [-0.39, 0.29) is 5.91 Å². The molecular weight excluding hydrogens is 356 g/mol. The Bertz CT molecular complexity index is 901. The van der Waals surface area contributed by atoms with Crippen molar-refractivity contribution in [1.29, 1.82) is 0 Å². The molecule has 0 aliphatic rings. The molecule has 0 aliphatic carbocycles. The van der Waals surface area contributed by atoms with Gasteiger partial charge >= 0.3 is 0 Å². The minimum atomic E-state index is 0.0247. The lowest BCUT2D eigenvalue weighted by atomic mass is 10.3. The summed E-state index contributed by atoms with van der Waals surface area (Å²) in [6.45, 7) is 3.49. The predicted octanol–water partition coefficient (Wildman–Crippen LogP) is 3.67. The molecule has 0 radical (unpaired) electrons. The highest BCUT2D eigenvalue weighted by Gasteiger charge is 2.09. The van der Waals surface area contributed by atoms with Gasteiger partial charge in [0.2, 0.25) is 5.91 Å². The van der Waals surface area contributed by atoms with Gasteiger partial charge in [-0.05, 0) is 37.6 Å². The zero-order valence-electron chi connectivity index (χ0n) is 15.7. The van der Waals surface area contributed by atoms with Gasteiger partial charge in [-0.15, -0.1) is 0 Å². The first kappa shape index (κ1) is 19.2. The molecule has 140 valence electrons. The molecule has 0 saturated carbocycles. The second kappa shape index (κ2) is 9.37. The Labute approximate surface area is 164 Å². The summed E-state index contributed by atoms with van der Waals surface area (Å²) >= 11 is 1.44. The Balaban J connectivity index is 1.42. The largest absolute Gasteiger partial charge is 0.375 e. The van der Waals surface area contributed by atoms with Crippen LogP contribution in [-0.2, 0) is 4.79 Å². The van der Waals surface area contributed by atoms with Gasteiger partial charge in [-0.3, -0.25) is 4.79 Å². The second-order valence-electron chi connectivity index (χ2n) is 6.35. The Morgan fingerprint density at radius 3 is 2.44 bits per heavy atom. The first-order valence-electron chi connectivity index (χ1n) is 9.02. The van der Waals surface area contributed by atoms with Gasteiger partial charge in [0.15, 0.2) is 0 Å². The van der Waals surface area contributed by atoms with Crippen LogP contribution in [-0.4, -0.2) is 41.8 Å². The van der Waals surface area contributed by atoms with Gasteiger partial charge in [0.1, 0.15) is 5.03 Å². The number of carbonyl (C=O) groups excluding carboxylic acids is 1. The number of benzene rings is 2.